The van der Waals surface area contributed by atoms with Gasteiger partial charge >= 0.3 is 0 Å². The molecule has 9 aromatic rings. The van der Waals surface area contributed by atoms with E-state index in [1.807, 2.05) is 11.3 Å². The quantitative estimate of drug-likeness (QED) is 0.163. The Morgan fingerprint density at radius 2 is 1.17 bits per heavy atom. The lowest BCUT2D eigenvalue weighted by atomic mass is 9.75. The maximum absolute atomic E-state index is 2.62. The second-order valence-corrected chi connectivity index (χ2v) is 18.8. The molecule has 58 heavy (non-hydrogen) atoms. The molecule has 0 radical (unpaired) electrons. The summed E-state index contributed by atoms with van der Waals surface area (Å²) in [5, 5.41) is 5.15. The van der Waals surface area contributed by atoms with E-state index in [1.54, 1.807) is 5.56 Å². The Morgan fingerprint density at radius 1 is 0.517 bits per heavy atom. The van der Waals surface area contributed by atoms with Gasteiger partial charge in [0.2, 0.25) is 0 Å². The predicted octanol–water partition coefficient (Wildman–Crippen LogP) is 16.1. The van der Waals surface area contributed by atoms with Gasteiger partial charge < -0.3 is 4.90 Å². The Labute approximate surface area is 345 Å². The zero-order chi connectivity index (χ0) is 38.6. The van der Waals surface area contributed by atoms with Gasteiger partial charge in [0.15, 0.2) is 0 Å². The van der Waals surface area contributed by atoms with Gasteiger partial charge in [-0.1, -0.05) is 141 Å². The lowest BCUT2D eigenvalue weighted by Gasteiger charge is -2.30. The summed E-state index contributed by atoms with van der Waals surface area (Å²) in [7, 11) is 0. The van der Waals surface area contributed by atoms with Crippen LogP contribution in [-0.2, 0) is 10.8 Å². The summed E-state index contributed by atoms with van der Waals surface area (Å²) < 4.78 is 2.63. The zero-order valence-corrected chi connectivity index (χ0v) is 34.0. The number of nitrogens with zero attached hydrogens (tertiary/aromatic N) is 1. The number of fused-ring (bicyclic) bond motifs is 9. The molecule has 0 N–H and O–H groups in total. The van der Waals surface area contributed by atoms with Crippen LogP contribution < -0.4 is 4.90 Å². The summed E-state index contributed by atoms with van der Waals surface area (Å²) in [6.07, 6.45) is 6.91. The molecular weight excluding hydrogens is 719 g/mol. The van der Waals surface area contributed by atoms with E-state index in [0.29, 0.717) is 5.41 Å². The van der Waals surface area contributed by atoms with Gasteiger partial charge in [-0.2, -0.15) is 0 Å². The fourth-order valence-electron chi connectivity index (χ4n) is 11.4. The van der Waals surface area contributed by atoms with Crippen LogP contribution in [-0.4, -0.2) is 0 Å². The van der Waals surface area contributed by atoms with Gasteiger partial charge in [0.25, 0.3) is 0 Å². The minimum absolute atomic E-state index is 0.116. The molecule has 280 valence electrons. The third-order valence-electron chi connectivity index (χ3n) is 14.3. The lowest BCUT2D eigenvalue weighted by molar-refractivity contribution is 0.418. The summed E-state index contributed by atoms with van der Waals surface area (Å²) in [5.41, 5.74) is 16.1. The summed E-state index contributed by atoms with van der Waals surface area (Å²) in [6, 6.07) is 64.2. The molecule has 2 fully saturated rings. The smallest absolute Gasteiger partial charge is 0.0554 e. The van der Waals surface area contributed by atoms with Crippen molar-refractivity contribution < 1.29 is 0 Å². The average Bonchev–Trinajstić information content (AvgIpc) is 4.05. The normalized spacial score (nSPS) is 18.9. The van der Waals surface area contributed by atoms with Crippen LogP contribution in [0, 0.1) is 5.92 Å². The Balaban J connectivity index is 1.05. The molecule has 0 atom stereocenters. The van der Waals surface area contributed by atoms with Gasteiger partial charge in [0.1, 0.15) is 0 Å². The molecule has 0 aliphatic heterocycles. The Hall–Kier alpha value is -5.96. The van der Waals surface area contributed by atoms with E-state index in [2.05, 4.69) is 189 Å². The van der Waals surface area contributed by atoms with Crippen LogP contribution in [0.2, 0.25) is 0 Å². The van der Waals surface area contributed by atoms with Crippen molar-refractivity contribution in [1.29, 1.82) is 0 Å². The van der Waals surface area contributed by atoms with Crippen LogP contribution in [0.25, 0.3) is 64.3 Å². The number of rotatable bonds is 6. The third-order valence-corrected chi connectivity index (χ3v) is 15.4. The fraction of sp³-hybridized carbons (Fsp3) is 0.179. The third kappa shape index (κ3) is 5.07. The fourth-order valence-corrected chi connectivity index (χ4v) is 12.5. The Morgan fingerprint density at radius 3 is 1.97 bits per heavy atom. The topological polar surface area (TPSA) is 3.24 Å². The van der Waals surface area contributed by atoms with E-state index < -0.39 is 0 Å². The van der Waals surface area contributed by atoms with Crippen LogP contribution >= 0.6 is 11.3 Å². The summed E-state index contributed by atoms with van der Waals surface area (Å²) >= 11 is 1.89. The van der Waals surface area contributed by atoms with Crippen LogP contribution in [0.1, 0.15) is 62.6 Å². The summed E-state index contributed by atoms with van der Waals surface area (Å²) in [4.78, 5) is 2.54. The molecule has 1 heterocycles. The zero-order valence-electron chi connectivity index (χ0n) is 33.1. The van der Waals surface area contributed by atoms with Gasteiger partial charge in [0, 0.05) is 37.0 Å². The van der Waals surface area contributed by atoms with Gasteiger partial charge in [-0.3, -0.25) is 0 Å². The van der Waals surface area contributed by atoms with E-state index in [9.17, 15) is 0 Å². The van der Waals surface area contributed by atoms with E-state index in [-0.39, 0.29) is 5.41 Å². The highest BCUT2D eigenvalue weighted by Gasteiger charge is 2.47. The van der Waals surface area contributed by atoms with E-state index in [4.69, 9.17) is 0 Å². The Kier molecular flexibility index (Phi) is 7.51. The van der Waals surface area contributed by atoms with E-state index in [0.717, 1.165) is 11.6 Å². The van der Waals surface area contributed by atoms with E-state index >= 15 is 0 Å². The molecule has 2 saturated carbocycles. The van der Waals surface area contributed by atoms with Crippen molar-refractivity contribution >= 4 is 59.3 Å². The number of hydrogen-bond acceptors (Lipinski definition) is 2. The van der Waals surface area contributed by atoms with E-state index in [1.165, 1.54) is 119 Å². The number of thiophene rings is 1. The molecular formula is C56H45NS. The van der Waals surface area contributed by atoms with Crippen molar-refractivity contribution in [2.24, 2.45) is 5.92 Å². The molecule has 3 aliphatic rings. The maximum atomic E-state index is 2.62. The first-order valence-corrected chi connectivity index (χ1v) is 21.9. The monoisotopic (exact) mass is 763 g/mol. The highest BCUT2D eigenvalue weighted by atomic mass is 32.1. The molecule has 0 amide bonds. The van der Waals surface area contributed by atoms with Crippen molar-refractivity contribution in [2.75, 3.05) is 4.90 Å². The minimum atomic E-state index is -0.116. The lowest BCUT2D eigenvalue weighted by Crippen LogP contribution is -2.21. The van der Waals surface area contributed by atoms with Crippen molar-refractivity contribution in [3.8, 4) is 33.4 Å². The molecule has 0 spiro atoms. The highest BCUT2D eigenvalue weighted by molar-refractivity contribution is 7.26. The first-order chi connectivity index (χ1) is 28.4. The van der Waals surface area contributed by atoms with Crippen molar-refractivity contribution in [1.82, 2.24) is 0 Å². The van der Waals surface area contributed by atoms with Crippen LogP contribution in [0.15, 0.2) is 170 Å². The molecule has 3 aliphatic carbocycles. The highest BCUT2D eigenvalue weighted by Crippen LogP contribution is 2.58. The molecule has 2 heteroatoms. The van der Waals surface area contributed by atoms with Crippen molar-refractivity contribution in [2.45, 2.75) is 56.8 Å². The maximum Gasteiger partial charge on any atom is 0.0554 e. The first kappa shape index (κ1) is 34.1. The number of anilines is 3. The summed E-state index contributed by atoms with van der Waals surface area (Å²) in [6.45, 7) is 4.91. The van der Waals surface area contributed by atoms with Gasteiger partial charge in [-0.25, -0.2) is 0 Å². The largest absolute Gasteiger partial charge is 0.310 e. The molecule has 8 aromatic carbocycles. The predicted molar refractivity (Wildman–Crippen MR) is 248 cm³/mol. The van der Waals surface area contributed by atoms with Crippen LogP contribution in [0.4, 0.5) is 17.1 Å². The molecule has 0 unspecified atom stereocenters. The van der Waals surface area contributed by atoms with Gasteiger partial charge in [-0.15, -0.1) is 11.3 Å². The minimum Gasteiger partial charge on any atom is -0.310 e. The molecule has 2 bridgehead atoms. The molecule has 0 saturated heterocycles. The second kappa shape index (κ2) is 12.8. The number of hydrogen-bond donors (Lipinski definition) is 0. The van der Waals surface area contributed by atoms with Crippen molar-refractivity contribution in [3.05, 3.63) is 187 Å². The standard InChI is InChI=1S/C56H45NS/c1-55(2)48-33-40(56-30-28-36(35-56)29-31-56)24-26-45(48)46-27-25-42(34-49(46)55)57(50-21-11-23-52-54(50)47-18-6-7-22-51(47)58-52)41-17-8-16-39(32-41)44-20-10-15-38-14-9-19-43(53(38)44)37-12-4-3-5-13-37/h3-27,32-34,36H,28-31,35H2,1-2H3. The number of benzene rings is 8. The first-order valence-electron chi connectivity index (χ1n) is 21.1. The molecule has 1 aromatic heterocycles. The second-order valence-electron chi connectivity index (χ2n) is 17.8. The van der Waals surface area contributed by atoms with Crippen molar-refractivity contribution in [3.63, 3.8) is 0 Å². The van der Waals surface area contributed by atoms with Gasteiger partial charge in [0.05, 0.1) is 5.69 Å². The Bertz CT molecular complexity index is 3080. The average molecular weight is 764 g/mol. The van der Waals surface area contributed by atoms with Crippen LogP contribution in [0.5, 0.6) is 0 Å². The summed E-state index contributed by atoms with van der Waals surface area (Å²) in [5.74, 6) is 0.932. The van der Waals surface area contributed by atoms with Gasteiger partial charge in [-0.05, 0) is 147 Å². The molecule has 1 nitrogen and oxygen atoms in total. The molecule has 12 rings (SSSR count). The van der Waals surface area contributed by atoms with Crippen LogP contribution in [0.3, 0.4) is 0 Å². The SMILES string of the molecule is CC1(C)c2cc(N(c3cccc(-c4cccc5cccc(-c6ccccc6)c45)c3)c3cccc4sc5ccccc5c34)ccc2-c2ccc(C34CCC(CC3)C4)cc21.